The highest BCUT2D eigenvalue weighted by molar-refractivity contribution is 5.92. The fourth-order valence-electron chi connectivity index (χ4n) is 2.22. The van der Waals surface area contributed by atoms with Crippen LogP contribution >= 0.6 is 0 Å². The van der Waals surface area contributed by atoms with Crippen molar-refractivity contribution in [1.29, 1.82) is 0 Å². The van der Waals surface area contributed by atoms with Gasteiger partial charge in [-0.2, -0.15) is 0 Å². The fraction of sp³-hybridized carbons (Fsp3) is 0.385. The highest BCUT2D eigenvalue weighted by Crippen LogP contribution is 2.13. The minimum Gasteiger partial charge on any atom is -0.369 e. The molecule has 0 bridgehead atoms. The zero-order valence-corrected chi connectivity index (χ0v) is 11.3. The van der Waals surface area contributed by atoms with Gasteiger partial charge >= 0.3 is 0 Å². The van der Waals surface area contributed by atoms with Crippen molar-refractivity contribution in [2.45, 2.75) is 20.0 Å². The summed E-state index contributed by atoms with van der Waals surface area (Å²) in [6.07, 6.45) is 6.79. The summed E-state index contributed by atoms with van der Waals surface area (Å²) in [5.41, 5.74) is 0.367. The molecule has 0 unspecified atom stereocenters. The zero-order chi connectivity index (χ0) is 13.9. The van der Waals surface area contributed by atoms with Crippen molar-refractivity contribution in [3.8, 4) is 0 Å². The number of anilines is 1. The lowest BCUT2D eigenvalue weighted by molar-refractivity contribution is 0.0701. The molecule has 0 atom stereocenters. The van der Waals surface area contributed by atoms with Crippen molar-refractivity contribution in [2.75, 3.05) is 18.4 Å². The predicted octanol–water partition coefficient (Wildman–Crippen LogP) is 0.761. The number of hydrogen-bond donors (Lipinski definition) is 1. The molecule has 2 aromatic rings. The van der Waals surface area contributed by atoms with Gasteiger partial charge in [-0.1, -0.05) is 0 Å². The number of amides is 1. The Hall–Kier alpha value is -2.44. The van der Waals surface area contributed by atoms with E-state index in [4.69, 9.17) is 0 Å². The summed E-state index contributed by atoms with van der Waals surface area (Å²) < 4.78 is 2.06. The smallest absolute Gasteiger partial charge is 0.274 e. The Morgan fingerprint density at radius 1 is 1.30 bits per heavy atom. The van der Waals surface area contributed by atoms with Crippen LogP contribution in [0.3, 0.4) is 0 Å². The third kappa shape index (κ3) is 2.34. The summed E-state index contributed by atoms with van der Waals surface area (Å²) in [6, 6.07) is 0. The first-order valence-electron chi connectivity index (χ1n) is 6.63. The lowest BCUT2D eigenvalue weighted by atomic mass is 10.3. The van der Waals surface area contributed by atoms with Gasteiger partial charge in [0.05, 0.1) is 18.9 Å². The topological polar surface area (TPSA) is 75.9 Å². The minimum absolute atomic E-state index is 0.102. The molecular weight excluding hydrogens is 256 g/mol. The summed E-state index contributed by atoms with van der Waals surface area (Å²) in [5, 5.41) is 3.05. The number of carbonyl (C=O) groups is 1. The molecule has 20 heavy (non-hydrogen) atoms. The summed E-state index contributed by atoms with van der Waals surface area (Å²) in [4.78, 5) is 26.7. The molecule has 3 heterocycles. The quantitative estimate of drug-likeness (QED) is 0.892. The second-order valence-corrected chi connectivity index (χ2v) is 4.58. The molecule has 1 N–H and O–H groups in total. The lowest BCUT2D eigenvalue weighted by Gasteiger charge is -2.27. The van der Waals surface area contributed by atoms with E-state index in [9.17, 15) is 4.79 Å². The Morgan fingerprint density at radius 3 is 2.95 bits per heavy atom. The Balaban J connectivity index is 1.73. The van der Waals surface area contributed by atoms with Crippen LogP contribution in [0.15, 0.2) is 24.8 Å². The summed E-state index contributed by atoms with van der Waals surface area (Å²) in [6.45, 7) is 4.71. The molecule has 0 aromatic carbocycles. The van der Waals surface area contributed by atoms with E-state index in [1.807, 2.05) is 13.1 Å². The summed E-state index contributed by atoms with van der Waals surface area (Å²) in [7, 11) is 0. The standard InChI is InChI=1S/C13H16N6O/c1-2-14-11-8-16-10(7-17-11)13(20)19-6-5-18-4-3-15-12(18)9-19/h3-4,7-8H,2,5-6,9H2,1H3,(H,14,17). The maximum Gasteiger partial charge on any atom is 0.274 e. The lowest BCUT2D eigenvalue weighted by Crippen LogP contribution is -2.38. The average molecular weight is 272 g/mol. The second kappa shape index (κ2) is 5.28. The average Bonchev–Trinajstić information content (AvgIpc) is 2.95. The van der Waals surface area contributed by atoms with Gasteiger partial charge in [0.2, 0.25) is 0 Å². The van der Waals surface area contributed by atoms with Crippen molar-refractivity contribution < 1.29 is 4.79 Å². The van der Waals surface area contributed by atoms with Gasteiger partial charge in [-0.15, -0.1) is 0 Å². The van der Waals surface area contributed by atoms with E-state index >= 15 is 0 Å². The molecule has 104 valence electrons. The zero-order valence-electron chi connectivity index (χ0n) is 11.3. The van der Waals surface area contributed by atoms with Crippen LogP contribution < -0.4 is 5.32 Å². The first-order chi connectivity index (χ1) is 9.78. The van der Waals surface area contributed by atoms with Gasteiger partial charge in [-0.25, -0.2) is 15.0 Å². The molecule has 2 aromatic heterocycles. The molecule has 0 spiro atoms. The molecule has 1 aliphatic rings. The highest BCUT2D eigenvalue weighted by Gasteiger charge is 2.23. The van der Waals surface area contributed by atoms with E-state index in [1.54, 1.807) is 17.3 Å². The molecule has 0 radical (unpaired) electrons. The van der Waals surface area contributed by atoms with Crippen LogP contribution in [-0.4, -0.2) is 43.4 Å². The first kappa shape index (κ1) is 12.6. The van der Waals surface area contributed by atoms with Gasteiger partial charge in [-0.05, 0) is 6.92 Å². The third-order valence-electron chi connectivity index (χ3n) is 3.26. The highest BCUT2D eigenvalue weighted by atomic mass is 16.2. The molecule has 1 aliphatic heterocycles. The van der Waals surface area contributed by atoms with E-state index in [2.05, 4.69) is 24.8 Å². The number of fused-ring (bicyclic) bond motifs is 1. The van der Waals surface area contributed by atoms with E-state index < -0.39 is 0 Å². The minimum atomic E-state index is -0.102. The molecule has 7 nitrogen and oxygen atoms in total. The van der Waals surface area contributed by atoms with Crippen molar-refractivity contribution in [1.82, 2.24) is 24.4 Å². The van der Waals surface area contributed by atoms with Crippen LogP contribution in [-0.2, 0) is 13.1 Å². The van der Waals surface area contributed by atoms with Crippen LogP contribution in [0.1, 0.15) is 23.2 Å². The fourth-order valence-corrected chi connectivity index (χ4v) is 2.22. The first-order valence-corrected chi connectivity index (χ1v) is 6.63. The van der Waals surface area contributed by atoms with Gasteiger partial charge in [0.15, 0.2) is 0 Å². The number of nitrogens with one attached hydrogen (secondary N) is 1. The van der Waals surface area contributed by atoms with E-state index in [1.165, 1.54) is 6.20 Å². The second-order valence-electron chi connectivity index (χ2n) is 4.58. The van der Waals surface area contributed by atoms with Crippen LogP contribution in [0.4, 0.5) is 5.82 Å². The normalized spacial score (nSPS) is 13.9. The van der Waals surface area contributed by atoms with Gasteiger partial charge in [0, 0.05) is 32.0 Å². The van der Waals surface area contributed by atoms with E-state index in [0.717, 1.165) is 18.9 Å². The SMILES string of the molecule is CCNc1cnc(C(=O)N2CCn3ccnc3C2)cn1. The van der Waals surface area contributed by atoms with Gasteiger partial charge in [0.1, 0.15) is 17.3 Å². The third-order valence-corrected chi connectivity index (χ3v) is 3.26. The van der Waals surface area contributed by atoms with Crippen LogP contribution in [0.2, 0.25) is 0 Å². The maximum atomic E-state index is 12.4. The maximum absolute atomic E-state index is 12.4. The molecule has 0 saturated carbocycles. The van der Waals surface area contributed by atoms with Crippen molar-refractivity contribution in [2.24, 2.45) is 0 Å². The monoisotopic (exact) mass is 272 g/mol. The Labute approximate surface area is 116 Å². The largest absolute Gasteiger partial charge is 0.369 e. The van der Waals surface area contributed by atoms with Crippen molar-refractivity contribution in [3.05, 3.63) is 36.3 Å². The number of rotatable bonds is 3. The molecule has 0 aliphatic carbocycles. The Morgan fingerprint density at radius 2 is 2.20 bits per heavy atom. The van der Waals surface area contributed by atoms with Crippen LogP contribution in [0.25, 0.3) is 0 Å². The number of nitrogens with zero attached hydrogens (tertiary/aromatic N) is 5. The number of aromatic nitrogens is 4. The van der Waals surface area contributed by atoms with E-state index in [-0.39, 0.29) is 5.91 Å². The Kier molecular flexibility index (Phi) is 3.32. The molecule has 0 saturated heterocycles. The molecular formula is C13H16N6O. The number of imidazole rings is 1. The van der Waals surface area contributed by atoms with Crippen LogP contribution in [0, 0.1) is 0 Å². The summed E-state index contributed by atoms with van der Waals surface area (Å²) >= 11 is 0. The molecule has 7 heteroatoms. The molecule has 1 amide bonds. The van der Waals surface area contributed by atoms with Crippen LogP contribution in [0.5, 0.6) is 0 Å². The van der Waals surface area contributed by atoms with E-state index in [0.29, 0.717) is 24.6 Å². The molecule has 0 fully saturated rings. The number of carbonyl (C=O) groups excluding carboxylic acids is 1. The summed E-state index contributed by atoms with van der Waals surface area (Å²) in [5.74, 6) is 1.48. The number of hydrogen-bond acceptors (Lipinski definition) is 5. The molecule has 3 rings (SSSR count). The Bertz CT molecular complexity index is 606. The van der Waals surface area contributed by atoms with Gasteiger partial charge in [0.25, 0.3) is 5.91 Å². The predicted molar refractivity (Wildman–Crippen MR) is 73.2 cm³/mol. The van der Waals surface area contributed by atoms with Crippen molar-refractivity contribution >= 4 is 11.7 Å². The van der Waals surface area contributed by atoms with Crippen molar-refractivity contribution in [3.63, 3.8) is 0 Å². The van der Waals surface area contributed by atoms with Gasteiger partial charge < -0.3 is 14.8 Å². The van der Waals surface area contributed by atoms with Gasteiger partial charge in [-0.3, -0.25) is 4.79 Å².